The quantitative estimate of drug-likeness (QED) is 0.819. The lowest BCUT2D eigenvalue weighted by Gasteiger charge is -2.29. The van der Waals surface area contributed by atoms with E-state index in [0.717, 1.165) is 5.82 Å². The molecule has 0 unspecified atom stereocenters. The first kappa shape index (κ1) is 11.4. The lowest BCUT2D eigenvalue weighted by atomic mass is 9.91. The van der Waals surface area contributed by atoms with Gasteiger partial charge in [0.1, 0.15) is 5.82 Å². The highest BCUT2D eigenvalue weighted by Crippen LogP contribution is 2.22. The third kappa shape index (κ3) is 2.73. The molecule has 2 rings (SSSR count). The van der Waals surface area contributed by atoms with Crippen molar-refractivity contribution in [3.8, 4) is 0 Å². The van der Waals surface area contributed by atoms with Crippen molar-refractivity contribution in [1.29, 1.82) is 0 Å². The Kier molecular flexibility index (Phi) is 3.78. The first-order chi connectivity index (χ1) is 7.79. The van der Waals surface area contributed by atoms with Crippen molar-refractivity contribution in [2.75, 3.05) is 12.4 Å². The van der Waals surface area contributed by atoms with Crippen LogP contribution in [0.15, 0.2) is 18.3 Å². The van der Waals surface area contributed by atoms with Crippen molar-refractivity contribution in [2.45, 2.75) is 44.7 Å². The summed E-state index contributed by atoms with van der Waals surface area (Å²) in [6.07, 6.45) is 6.86. The van der Waals surface area contributed by atoms with E-state index in [1.807, 2.05) is 12.3 Å². The fourth-order valence-corrected chi connectivity index (χ4v) is 2.36. The molecule has 0 aliphatic heterocycles. The highest BCUT2D eigenvalue weighted by molar-refractivity contribution is 5.43. The van der Waals surface area contributed by atoms with Gasteiger partial charge in [0.2, 0.25) is 0 Å². The van der Waals surface area contributed by atoms with Crippen LogP contribution in [0.25, 0.3) is 0 Å². The molecule has 16 heavy (non-hydrogen) atoms. The number of aryl methyl sites for hydroxylation is 1. The van der Waals surface area contributed by atoms with E-state index in [4.69, 9.17) is 0 Å². The van der Waals surface area contributed by atoms with Crippen molar-refractivity contribution >= 4 is 5.82 Å². The summed E-state index contributed by atoms with van der Waals surface area (Å²) in [4.78, 5) is 4.38. The standard InChI is InChI=1S/C13H21N3/c1-10-4-3-9-15-13(10)16-12-7-5-11(14-2)6-8-12/h3-4,9,11-12,14H,5-8H2,1-2H3,(H,15,16). The van der Waals surface area contributed by atoms with Gasteiger partial charge in [-0.15, -0.1) is 0 Å². The van der Waals surface area contributed by atoms with E-state index in [0.29, 0.717) is 12.1 Å². The van der Waals surface area contributed by atoms with Gasteiger partial charge in [0.25, 0.3) is 0 Å². The molecule has 88 valence electrons. The molecule has 1 aliphatic carbocycles. The van der Waals surface area contributed by atoms with Crippen LogP contribution < -0.4 is 10.6 Å². The molecule has 2 N–H and O–H groups in total. The molecule has 0 saturated heterocycles. The first-order valence-corrected chi connectivity index (χ1v) is 6.15. The van der Waals surface area contributed by atoms with E-state index in [9.17, 15) is 0 Å². The summed E-state index contributed by atoms with van der Waals surface area (Å²) in [5, 5.41) is 6.91. The largest absolute Gasteiger partial charge is 0.367 e. The van der Waals surface area contributed by atoms with Crippen LogP contribution in [0, 0.1) is 6.92 Å². The molecule has 1 heterocycles. The Morgan fingerprint density at radius 1 is 1.19 bits per heavy atom. The summed E-state index contributed by atoms with van der Waals surface area (Å²) >= 11 is 0. The zero-order valence-corrected chi connectivity index (χ0v) is 10.2. The third-order valence-corrected chi connectivity index (χ3v) is 3.49. The maximum Gasteiger partial charge on any atom is 0.129 e. The van der Waals surface area contributed by atoms with Crippen molar-refractivity contribution in [3.63, 3.8) is 0 Å². The molecular weight excluding hydrogens is 198 g/mol. The lowest BCUT2D eigenvalue weighted by molar-refractivity contribution is 0.371. The molecule has 1 fully saturated rings. The van der Waals surface area contributed by atoms with Crippen molar-refractivity contribution in [3.05, 3.63) is 23.9 Å². The molecular formula is C13H21N3. The smallest absolute Gasteiger partial charge is 0.129 e. The van der Waals surface area contributed by atoms with Crippen molar-refractivity contribution in [1.82, 2.24) is 10.3 Å². The number of aromatic nitrogens is 1. The minimum atomic E-state index is 0.596. The van der Waals surface area contributed by atoms with Crippen molar-refractivity contribution < 1.29 is 0 Å². The van der Waals surface area contributed by atoms with E-state index >= 15 is 0 Å². The van der Waals surface area contributed by atoms with Crippen LogP contribution in [0.3, 0.4) is 0 Å². The molecule has 3 nitrogen and oxygen atoms in total. The molecule has 1 aromatic rings. The van der Waals surface area contributed by atoms with Gasteiger partial charge in [0.15, 0.2) is 0 Å². The Bertz CT molecular complexity index is 330. The topological polar surface area (TPSA) is 37.0 Å². The summed E-state index contributed by atoms with van der Waals surface area (Å²) in [6, 6.07) is 5.40. The van der Waals surface area contributed by atoms with Gasteiger partial charge >= 0.3 is 0 Å². The molecule has 1 aliphatic rings. The fourth-order valence-electron chi connectivity index (χ4n) is 2.36. The molecule has 0 radical (unpaired) electrons. The molecule has 0 spiro atoms. The van der Waals surface area contributed by atoms with Crippen LogP contribution in [-0.2, 0) is 0 Å². The highest BCUT2D eigenvalue weighted by Gasteiger charge is 2.20. The number of hydrogen-bond donors (Lipinski definition) is 2. The fraction of sp³-hybridized carbons (Fsp3) is 0.615. The lowest BCUT2D eigenvalue weighted by Crippen LogP contribution is -2.35. The molecule has 1 saturated carbocycles. The maximum absolute atomic E-state index is 4.38. The van der Waals surface area contributed by atoms with Gasteiger partial charge in [0.05, 0.1) is 0 Å². The van der Waals surface area contributed by atoms with Crippen LogP contribution in [0.1, 0.15) is 31.2 Å². The van der Waals surface area contributed by atoms with E-state index in [-0.39, 0.29) is 0 Å². The summed E-state index contributed by atoms with van der Waals surface area (Å²) in [7, 11) is 2.06. The number of hydrogen-bond acceptors (Lipinski definition) is 3. The van der Waals surface area contributed by atoms with Gasteiger partial charge < -0.3 is 10.6 Å². The van der Waals surface area contributed by atoms with Gasteiger partial charge in [-0.1, -0.05) is 6.07 Å². The number of nitrogens with one attached hydrogen (secondary N) is 2. The molecule has 0 aromatic carbocycles. The second kappa shape index (κ2) is 5.30. The normalized spacial score (nSPS) is 25.4. The highest BCUT2D eigenvalue weighted by atomic mass is 15.0. The van der Waals surface area contributed by atoms with E-state index in [1.165, 1.54) is 31.2 Å². The number of anilines is 1. The Morgan fingerprint density at radius 2 is 1.88 bits per heavy atom. The number of pyridine rings is 1. The minimum Gasteiger partial charge on any atom is -0.367 e. The second-order valence-electron chi connectivity index (χ2n) is 4.65. The van der Waals surface area contributed by atoms with Crippen LogP contribution in [0.2, 0.25) is 0 Å². The van der Waals surface area contributed by atoms with Gasteiger partial charge in [-0.25, -0.2) is 4.98 Å². The zero-order valence-electron chi connectivity index (χ0n) is 10.2. The third-order valence-electron chi connectivity index (χ3n) is 3.49. The average Bonchev–Trinajstić information content (AvgIpc) is 2.33. The predicted octanol–water partition coefficient (Wildman–Crippen LogP) is 2.33. The first-order valence-electron chi connectivity index (χ1n) is 6.15. The van der Waals surface area contributed by atoms with Crippen LogP contribution in [0.5, 0.6) is 0 Å². The molecule has 0 atom stereocenters. The molecule has 0 amide bonds. The van der Waals surface area contributed by atoms with Gasteiger partial charge in [0, 0.05) is 18.3 Å². The van der Waals surface area contributed by atoms with E-state index < -0.39 is 0 Å². The minimum absolute atomic E-state index is 0.596. The predicted molar refractivity (Wildman–Crippen MR) is 67.7 cm³/mol. The van der Waals surface area contributed by atoms with Crippen LogP contribution in [-0.4, -0.2) is 24.1 Å². The van der Waals surface area contributed by atoms with Gasteiger partial charge in [-0.3, -0.25) is 0 Å². The summed E-state index contributed by atoms with van der Waals surface area (Å²) in [6.45, 7) is 2.11. The second-order valence-corrected chi connectivity index (χ2v) is 4.65. The summed E-state index contributed by atoms with van der Waals surface area (Å²) in [5.74, 6) is 1.05. The Hall–Kier alpha value is -1.09. The summed E-state index contributed by atoms with van der Waals surface area (Å²) < 4.78 is 0. The Labute approximate surface area is 97.7 Å². The molecule has 0 bridgehead atoms. The van der Waals surface area contributed by atoms with Crippen molar-refractivity contribution in [2.24, 2.45) is 0 Å². The van der Waals surface area contributed by atoms with Gasteiger partial charge in [-0.2, -0.15) is 0 Å². The number of nitrogens with zero attached hydrogens (tertiary/aromatic N) is 1. The monoisotopic (exact) mass is 219 g/mol. The van der Waals surface area contributed by atoms with Crippen LogP contribution in [0.4, 0.5) is 5.82 Å². The zero-order chi connectivity index (χ0) is 11.4. The maximum atomic E-state index is 4.38. The van der Waals surface area contributed by atoms with E-state index in [2.05, 4.69) is 35.7 Å². The average molecular weight is 219 g/mol. The van der Waals surface area contributed by atoms with E-state index in [1.54, 1.807) is 0 Å². The molecule has 3 heteroatoms. The SMILES string of the molecule is CNC1CCC(Nc2ncccc2C)CC1. The number of rotatable bonds is 3. The molecule has 1 aromatic heterocycles. The summed E-state index contributed by atoms with van der Waals surface area (Å²) in [5.41, 5.74) is 1.23. The Morgan fingerprint density at radius 3 is 2.50 bits per heavy atom. The van der Waals surface area contributed by atoms with Crippen LogP contribution >= 0.6 is 0 Å². The Balaban J connectivity index is 1.89. The van der Waals surface area contributed by atoms with Gasteiger partial charge in [-0.05, 0) is 51.3 Å².